The first-order valence-corrected chi connectivity index (χ1v) is 5.86. The van der Waals surface area contributed by atoms with Crippen molar-refractivity contribution >= 4 is 34.8 Å². The van der Waals surface area contributed by atoms with E-state index in [9.17, 15) is 0 Å². The van der Waals surface area contributed by atoms with E-state index in [1.807, 2.05) is 0 Å². The molecule has 0 amide bonds. The SMILES string of the molecule is ClCCCC[C@H](CCl)NCCCl. The molecule has 74 valence electrons. The third-order valence-corrected chi connectivity index (χ3v) is 2.48. The molecule has 12 heavy (non-hydrogen) atoms. The van der Waals surface area contributed by atoms with Gasteiger partial charge in [0.05, 0.1) is 0 Å². The molecule has 0 fully saturated rings. The van der Waals surface area contributed by atoms with Crippen LogP contribution in [0.2, 0.25) is 0 Å². The third kappa shape index (κ3) is 7.48. The van der Waals surface area contributed by atoms with Crippen LogP contribution in [0.1, 0.15) is 19.3 Å². The average Bonchev–Trinajstić information content (AvgIpc) is 2.11. The molecule has 0 bridgehead atoms. The minimum atomic E-state index is 0.397. The molecule has 0 aromatic heterocycles. The summed E-state index contributed by atoms with van der Waals surface area (Å²) < 4.78 is 0. The lowest BCUT2D eigenvalue weighted by molar-refractivity contribution is 0.515. The van der Waals surface area contributed by atoms with Crippen LogP contribution >= 0.6 is 34.8 Å². The van der Waals surface area contributed by atoms with Gasteiger partial charge in [-0.15, -0.1) is 34.8 Å². The van der Waals surface area contributed by atoms with E-state index in [0.717, 1.165) is 31.7 Å². The van der Waals surface area contributed by atoms with Gasteiger partial charge in [-0.2, -0.15) is 0 Å². The molecule has 1 N–H and O–H groups in total. The van der Waals surface area contributed by atoms with Crippen molar-refractivity contribution in [3.05, 3.63) is 0 Å². The molecule has 0 spiro atoms. The largest absolute Gasteiger partial charge is 0.312 e. The molecular formula is C8H16Cl3N. The summed E-state index contributed by atoms with van der Waals surface area (Å²) in [4.78, 5) is 0. The fourth-order valence-corrected chi connectivity index (χ4v) is 1.54. The Morgan fingerprint density at radius 1 is 1.00 bits per heavy atom. The Labute approximate surface area is 89.8 Å². The van der Waals surface area contributed by atoms with E-state index in [1.54, 1.807) is 0 Å². The van der Waals surface area contributed by atoms with Crippen LogP contribution in [0.25, 0.3) is 0 Å². The van der Waals surface area contributed by atoms with Gasteiger partial charge in [0.2, 0.25) is 0 Å². The second-order valence-corrected chi connectivity index (χ2v) is 3.74. The smallest absolute Gasteiger partial charge is 0.0377 e. The van der Waals surface area contributed by atoms with E-state index in [1.165, 1.54) is 0 Å². The van der Waals surface area contributed by atoms with Gasteiger partial charge < -0.3 is 5.32 Å². The van der Waals surface area contributed by atoms with Crippen LogP contribution in [-0.4, -0.2) is 30.2 Å². The number of rotatable bonds is 8. The topological polar surface area (TPSA) is 12.0 Å². The Kier molecular flexibility index (Phi) is 10.6. The van der Waals surface area contributed by atoms with Crippen LogP contribution in [0.3, 0.4) is 0 Å². The summed E-state index contributed by atoms with van der Waals surface area (Å²) in [7, 11) is 0. The minimum absolute atomic E-state index is 0.397. The predicted octanol–water partition coefficient (Wildman–Crippen LogP) is 2.83. The molecule has 0 aliphatic carbocycles. The van der Waals surface area contributed by atoms with Crippen molar-refractivity contribution in [1.29, 1.82) is 0 Å². The van der Waals surface area contributed by atoms with E-state index in [0.29, 0.717) is 17.8 Å². The maximum absolute atomic E-state index is 5.74. The second kappa shape index (κ2) is 9.91. The normalized spacial score (nSPS) is 13.2. The molecule has 0 aliphatic rings. The summed E-state index contributed by atoms with van der Waals surface area (Å²) in [5.74, 6) is 2.03. The lowest BCUT2D eigenvalue weighted by Crippen LogP contribution is -2.32. The van der Waals surface area contributed by atoms with E-state index < -0.39 is 0 Å². The first-order chi connectivity index (χ1) is 5.85. The average molecular weight is 233 g/mol. The zero-order chi connectivity index (χ0) is 9.23. The van der Waals surface area contributed by atoms with Gasteiger partial charge in [-0.25, -0.2) is 0 Å². The number of hydrogen-bond acceptors (Lipinski definition) is 1. The van der Waals surface area contributed by atoms with Crippen molar-refractivity contribution in [2.45, 2.75) is 25.3 Å². The maximum atomic E-state index is 5.74. The van der Waals surface area contributed by atoms with Gasteiger partial charge in [-0.05, 0) is 12.8 Å². The third-order valence-electron chi connectivity index (χ3n) is 1.65. The molecule has 0 aromatic carbocycles. The number of hydrogen-bond donors (Lipinski definition) is 1. The van der Waals surface area contributed by atoms with E-state index in [2.05, 4.69) is 5.32 Å². The van der Waals surface area contributed by atoms with Crippen LogP contribution in [0, 0.1) is 0 Å². The van der Waals surface area contributed by atoms with Crippen molar-refractivity contribution in [2.75, 3.05) is 24.2 Å². The lowest BCUT2D eigenvalue weighted by Gasteiger charge is -2.14. The Morgan fingerprint density at radius 2 is 1.75 bits per heavy atom. The summed E-state index contributed by atoms with van der Waals surface area (Å²) in [5, 5.41) is 3.27. The number of halogens is 3. The molecule has 0 radical (unpaired) electrons. The van der Waals surface area contributed by atoms with Gasteiger partial charge in [0.15, 0.2) is 0 Å². The molecular weight excluding hydrogens is 216 g/mol. The van der Waals surface area contributed by atoms with Crippen molar-refractivity contribution in [3.63, 3.8) is 0 Å². The molecule has 4 heteroatoms. The Balaban J connectivity index is 3.26. The van der Waals surface area contributed by atoms with Crippen LogP contribution < -0.4 is 5.32 Å². The zero-order valence-electron chi connectivity index (χ0n) is 7.16. The van der Waals surface area contributed by atoms with Gasteiger partial charge in [0, 0.05) is 30.2 Å². The molecule has 0 saturated carbocycles. The van der Waals surface area contributed by atoms with Gasteiger partial charge >= 0.3 is 0 Å². The first kappa shape index (κ1) is 12.8. The van der Waals surface area contributed by atoms with Gasteiger partial charge in [-0.1, -0.05) is 6.42 Å². The Bertz CT molecular complexity index is 90.4. The summed E-state index contributed by atoms with van der Waals surface area (Å²) in [6.45, 7) is 0.833. The van der Waals surface area contributed by atoms with Gasteiger partial charge in [-0.3, -0.25) is 0 Å². The van der Waals surface area contributed by atoms with Gasteiger partial charge in [0.1, 0.15) is 0 Å². The minimum Gasteiger partial charge on any atom is -0.312 e. The van der Waals surface area contributed by atoms with Crippen molar-refractivity contribution < 1.29 is 0 Å². The molecule has 0 aliphatic heterocycles. The Morgan fingerprint density at radius 3 is 2.25 bits per heavy atom. The van der Waals surface area contributed by atoms with Crippen LogP contribution in [0.15, 0.2) is 0 Å². The number of nitrogens with one attached hydrogen (secondary N) is 1. The van der Waals surface area contributed by atoms with E-state index >= 15 is 0 Å². The monoisotopic (exact) mass is 231 g/mol. The fraction of sp³-hybridized carbons (Fsp3) is 1.00. The van der Waals surface area contributed by atoms with E-state index in [4.69, 9.17) is 34.8 Å². The van der Waals surface area contributed by atoms with E-state index in [-0.39, 0.29) is 0 Å². The molecule has 1 atom stereocenters. The summed E-state index contributed by atoms with van der Waals surface area (Å²) in [6, 6.07) is 0.397. The maximum Gasteiger partial charge on any atom is 0.0377 e. The zero-order valence-corrected chi connectivity index (χ0v) is 9.43. The lowest BCUT2D eigenvalue weighted by atomic mass is 10.1. The summed E-state index contributed by atoms with van der Waals surface area (Å²) >= 11 is 16.8. The molecule has 0 heterocycles. The summed E-state index contributed by atoms with van der Waals surface area (Å²) in [6.07, 6.45) is 3.29. The molecule has 0 rings (SSSR count). The number of alkyl halides is 3. The second-order valence-electron chi connectivity index (χ2n) is 2.68. The van der Waals surface area contributed by atoms with Crippen LogP contribution in [-0.2, 0) is 0 Å². The summed E-state index contributed by atoms with van der Waals surface area (Å²) in [5.41, 5.74) is 0. The highest BCUT2D eigenvalue weighted by Gasteiger charge is 2.04. The highest BCUT2D eigenvalue weighted by Crippen LogP contribution is 2.03. The standard InChI is InChI=1S/C8H16Cl3N/c9-4-2-1-3-8(7-11)12-6-5-10/h8,12H,1-7H2/t8-/m1/s1. The molecule has 0 saturated heterocycles. The predicted molar refractivity (Wildman–Crippen MR) is 57.8 cm³/mol. The Hall–Kier alpha value is 0.830. The fourth-order valence-electron chi connectivity index (χ4n) is 0.978. The van der Waals surface area contributed by atoms with Gasteiger partial charge in [0.25, 0.3) is 0 Å². The highest BCUT2D eigenvalue weighted by atomic mass is 35.5. The highest BCUT2D eigenvalue weighted by molar-refractivity contribution is 6.18. The number of unbranched alkanes of at least 4 members (excludes halogenated alkanes) is 1. The molecule has 0 aromatic rings. The molecule has 1 nitrogen and oxygen atoms in total. The van der Waals surface area contributed by atoms with Crippen LogP contribution in [0.4, 0.5) is 0 Å². The van der Waals surface area contributed by atoms with Crippen molar-refractivity contribution in [2.24, 2.45) is 0 Å². The van der Waals surface area contributed by atoms with Crippen molar-refractivity contribution in [1.82, 2.24) is 5.32 Å². The quantitative estimate of drug-likeness (QED) is 0.501. The van der Waals surface area contributed by atoms with Crippen LogP contribution in [0.5, 0.6) is 0 Å². The molecule has 0 unspecified atom stereocenters. The van der Waals surface area contributed by atoms with Crippen molar-refractivity contribution in [3.8, 4) is 0 Å². The first-order valence-electron chi connectivity index (χ1n) is 4.26.